The molecule has 0 aliphatic heterocycles. The highest BCUT2D eigenvalue weighted by Crippen LogP contribution is 2.30. The van der Waals surface area contributed by atoms with Gasteiger partial charge in [0.1, 0.15) is 0 Å². The lowest BCUT2D eigenvalue weighted by Gasteiger charge is -2.17. The molecule has 2 aromatic rings. The van der Waals surface area contributed by atoms with Crippen LogP contribution in [0, 0.1) is 0 Å². The molecular formula is C14H17BrN2S. The highest BCUT2D eigenvalue weighted by atomic mass is 79.9. The predicted molar refractivity (Wildman–Crippen MR) is 81.0 cm³/mol. The van der Waals surface area contributed by atoms with Gasteiger partial charge < -0.3 is 5.32 Å². The van der Waals surface area contributed by atoms with Crippen molar-refractivity contribution in [2.45, 2.75) is 25.8 Å². The van der Waals surface area contributed by atoms with Gasteiger partial charge in [0.15, 0.2) is 0 Å². The topological polar surface area (TPSA) is 24.9 Å². The Morgan fingerprint density at radius 2 is 2.28 bits per heavy atom. The molecule has 4 heteroatoms. The largest absolute Gasteiger partial charge is 0.309 e. The normalized spacial score (nSPS) is 12.6. The fourth-order valence-corrected chi connectivity index (χ4v) is 3.58. The zero-order valence-corrected chi connectivity index (χ0v) is 12.8. The quantitative estimate of drug-likeness (QED) is 0.861. The molecule has 0 aliphatic rings. The third-order valence-electron chi connectivity index (χ3n) is 2.74. The molecule has 1 atom stereocenters. The Morgan fingerprint density at radius 3 is 2.89 bits per heavy atom. The van der Waals surface area contributed by atoms with Gasteiger partial charge >= 0.3 is 0 Å². The van der Waals surface area contributed by atoms with Crippen LogP contribution in [0.2, 0.25) is 0 Å². The highest BCUT2D eigenvalue weighted by molar-refractivity contribution is 9.10. The number of aromatic nitrogens is 1. The predicted octanol–water partition coefficient (Wildman–Crippen LogP) is 4.19. The molecule has 0 amide bonds. The molecule has 0 radical (unpaired) electrons. The molecular weight excluding hydrogens is 308 g/mol. The van der Waals surface area contributed by atoms with Crippen LogP contribution < -0.4 is 5.32 Å². The summed E-state index contributed by atoms with van der Waals surface area (Å²) in [6.45, 7) is 3.22. The van der Waals surface area contributed by atoms with Crippen molar-refractivity contribution < 1.29 is 0 Å². The number of halogens is 1. The van der Waals surface area contributed by atoms with Crippen LogP contribution in [-0.4, -0.2) is 11.5 Å². The van der Waals surface area contributed by atoms with Crippen LogP contribution in [0.3, 0.4) is 0 Å². The van der Waals surface area contributed by atoms with Crippen molar-refractivity contribution in [3.8, 4) is 0 Å². The average Bonchev–Trinajstić information content (AvgIpc) is 2.82. The molecule has 18 heavy (non-hydrogen) atoms. The zero-order chi connectivity index (χ0) is 12.8. The van der Waals surface area contributed by atoms with Crippen LogP contribution in [0.5, 0.6) is 0 Å². The number of thiophene rings is 1. The molecule has 0 spiro atoms. The maximum atomic E-state index is 4.42. The van der Waals surface area contributed by atoms with E-state index < -0.39 is 0 Å². The molecule has 1 unspecified atom stereocenters. The SMILES string of the molecule is CCCNC(Cc1ccccn1)c1sccc1Br. The first-order valence-electron chi connectivity index (χ1n) is 6.17. The zero-order valence-electron chi connectivity index (χ0n) is 10.4. The summed E-state index contributed by atoms with van der Waals surface area (Å²) in [4.78, 5) is 5.77. The van der Waals surface area contributed by atoms with E-state index in [0.29, 0.717) is 6.04 Å². The lowest BCUT2D eigenvalue weighted by atomic mass is 10.1. The molecule has 96 valence electrons. The third-order valence-corrected chi connectivity index (χ3v) is 4.73. The van der Waals surface area contributed by atoms with Crippen LogP contribution in [0.1, 0.15) is 30.0 Å². The first kappa shape index (κ1) is 13.7. The average molecular weight is 325 g/mol. The molecule has 2 aromatic heterocycles. The van der Waals surface area contributed by atoms with Crippen molar-refractivity contribution in [2.24, 2.45) is 0 Å². The van der Waals surface area contributed by atoms with E-state index in [-0.39, 0.29) is 0 Å². The van der Waals surface area contributed by atoms with Gasteiger partial charge in [0.05, 0.1) is 0 Å². The van der Waals surface area contributed by atoms with Crippen molar-refractivity contribution in [1.82, 2.24) is 10.3 Å². The van der Waals surface area contributed by atoms with Gasteiger partial charge in [0.2, 0.25) is 0 Å². The van der Waals surface area contributed by atoms with E-state index in [4.69, 9.17) is 0 Å². The van der Waals surface area contributed by atoms with Crippen LogP contribution >= 0.6 is 27.3 Å². The Hall–Kier alpha value is -0.710. The second-order valence-electron chi connectivity index (χ2n) is 4.16. The molecule has 0 fully saturated rings. The first-order valence-corrected chi connectivity index (χ1v) is 7.84. The molecule has 0 saturated carbocycles. The van der Waals surface area contributed by atoms with E-state index in [1.54, 1.807) is 11.3 Å². The van der Waals surface area contributed by atoms with Gasteiger partial charge in [-0.2, -0.15) is 0 Å². The maximum Gasteiger partial charge on any atom is 0.0482 e. The lowest BCUT2D eigenvalue weighted by Crippen LogP contribution is -2.23. The molecule has 2 heterocycles. The van der Waals surface area contributed by atoms with Gasteiger partial charge in [-0.15, -0.1) is 11.3 Å². The monoisotopic (exact) mass is 324 g/mol. The fraction of sp³-hybridized carbons (Fsp3) is 0.357. The summed E-state index contributed by atoms with van der Waals surface area (Å²) in [5.74, 6) is 0. The van der Waals surface area contributed by atoms with Gasteiger partial charge in [-0.3, -0.25) is 4.98 Å². The van der Waals surface area contributed by atoms with Crippen molar-refractivity contribution in [1.29, 1.82) is 0 Å². The summed E-state index contributed by atoms with van der Waals surface area (Å²) in [6, 6.07) is 8.54. The fourth-order valence-electron chi connectivity index (χ4n) is 1.86. The summed E-state index contributed by atoms with van der Waals surface area (Å²) >= 11 is 5.41. The number of nitrogens with one attached hydrogen (secondary N) is 1. The number of rotatable bonds is 6. The standard InChI is InChI=1S/C14H17BrN2S/c1-2-7-17-13(14-12(15)6-9-18-14)10-11-5-3-4-8-16-11/h3-6,8-9,13,17H,2,7,10H2,1H3. The van der Waals surface area contributed by atoms with Gasteiger partial charge in [-0.25, -0.2) is 0 Å². The van der Waals surface area contributed by atoms with Crippen molar-refractivity contribution in [3.63, 3.8) is 0 Å². The smallest absolute Gasteiger partial charge is 0.0482 e. The lowest BCUT2D eigenvalue weighted by molar-refractivity contribution is 0.530. The van der Waals surface area contributed by atoms with Crippen LogP contribution in [0.4, 0.5) is 0 Å². The summed E-state index contributed by atoms with van der Waals surface area (Å²) in [5, 5.41) is 5.73. The summed E-state index contributed by atoms with van der Waals surface area (Å²) < 4.78 is 1.19. The van der Waals surface area contributed by atoms with E-state index in [2.05, 4.69) is 50.7 Å². The van der Waals surface area contributed by atoms with Crippen LogP contribution in [0.15, 0.2) is 40.3 Å². The number of pyridine rings is 1. The molecule has 0 aromatic carbocycles. The number of hydrogen-bond acceptors (Lipinski definition) is 3. The van der Waals surface area contributed by atoms with Gasteiger partial charge in [0, 0.05) is 33.7 Å². The molecule has 0 bridgehead atoms. The Kier molecular flexibility index (Phi) is 5.35. The maximum absolute atomic E-state index is 4.42. The van der Waals surface area contributed by atoms with Gasteiger partial charge in [-0.05, 0) is 52.5 Å². The second kappa shape index (κ2) is 7.02. The van der Waals surface area contributed by atoms with Crippen LogP contribution in [0.25, 0.3) is 0 Å². The third kappa shape index (κ3) is 3.64. The van der Waals surface area contributed by atoms with E-state index in [1.807, 2.05) is 18.3 Å². The first-order chi connectivity index (χ1) is 8.81. The van der Waals surface area contributed by atoms with Gasteiger partial charge in [0.25, 0.3) is 0 Å². The molecule has 2 rings (SSSR count). The minimum Gasteiger partial charge on any atom is -0.309 e. The van der Waals surface area contributed by atoms with Crippen LogP contribution in [-0.2, 0) is 6.42 Å². The summed E-state index contributed by atoms with van der Waals surface area (Å²) in [7, 11) is 0. The van der Waals surface area contributed by atoms with Crippen molar-refractivity contribution in [2.75, 3.05) is 6.54 Å². The Balaban J connectivity index is 2.13. The van der Waals surface area contributed by atoms with Crippen molar-refractivity contribution in [3.05, 3.63) is 50.9 Å². The number of hydrogen-bond donors (Lipinski definition) is 1. The molecule has 2 nitrogen and oxygen atoms in total. The molecule has 1 N–H and O–H groups in total. The van der Waals surface area contributed by atoms with E-state index in [1.165, 1.54) is 9.35 Å². The minimum absolute atomic E-state index is 0.342. The Morgan fingerprint density at radius 1 is 1.39 bits per heavy atom. The van der Waals surface area contributed by atoms with Crippen molar-refractivity contribution >= 4 is 27.3 Å². The summed E-state index contributed by atoms with van der Waals surface area (Å²) in [5.41, 5.74) is 1.13. The Labute approximate surface area is 121 Å². The molecule has 0 saturated heterocycles. The highest BCUT2D eigenvalue weighted by Gasteiger charge is 2.16. The van der Waals surface area contributed by atoms with E-state index in [9.17, 15) is 0 Å². The van der Waals surface area contributed by atoms with Gasteiger partial charge in [-0.1, -0.05) is 13.0 Å². The Bertz CT molecular complexity index is 470. The second-order valence-corrected chi connectivity index (χ2v) is 5.97. The minimum atomic E-state index is 0.342. The number of nitrogens with zero attached hydrogens (tertiary/aromatic N) is 1. The summed E-state index contributed by atoms with van der Waals surface area (Å²) in [6.07, 6.45) is 3.93. The molecule has 0 aliphatic carbocycles. The van der Waals surface area contributed by atoms with E-state index >= 15 is 0 Å². The van der Waals surface area contributed by atoms with E-state index in [0.717, 1.165) is 25.1 Å².